The Bertz CT molecular complexity index is 1280. The highest BCUT2D eigenvalue weighted by Gasteiger charge is 2.30. The average Bonchev–Trinajstić information content (AvgIpc) is 2.97. The van der Waals surface area contributed by atoms with Gasteiger partial charge in [0.15, 0.2) is 5.69 Å². The van der Waals surface area contributed by atoms with Gasteiger partial charge in [0.2, 0.25) is 5.88 Å². The molecule has 0 bridgehead atoms. The largest absolute Gasteiger partial charge is 0.493 e. The van der Waals surface area contributed by atoms with Crippen molar-refractivity contribution in [3.05, 3.63) is 87.9 Å². The molecule has 158 valence electrons. The van der Waals surface area contributed by atoms with Crippen LogP contribution in [0.15, 0.2) is 77.0 Å². The normalized spacial score (nSPS) is 12.2. The number of benzene rings is 3. The van der Waals surface area contributed by atoms with E-state index in [1.54, 1.807) is 48.5 Å². The molecule has 1 aromatic heterocycles. The molecule has 0 unspecified atom stereocenters. The molecule has 0 spiro atoms. The van der Waals surface area contributed by atoms with E-state index in [1.807, 2.05) is 0 Å². The lowest BCUT2D eigenvalue weighted by Crippen LogP contribution is -2.06. The molecule has 0 aliphatic heterocycles. The minimum atomic E-state index is -4.45. The molecular formula is C22H14Cl2F3N3O. The Morgan fingerprint density at radius 1 is 0.871 bits per heavy atom. The van der Waals surface area contributed by atoms with E-state index in [1.165, 1.54) is 10.6 Å². The fourth-order valence-electron chi connectivity index (χ4n) is 3.26. The first-order chi connectivity index (χ1) is 14.7. The number of para-hydroxylation sites is 1. The van der Waals surface area contributed by atoms with Crippen molar-refractivity contribution < 1.29 is 18.3 Å². The number of fused-ring (bicyclic) bond motifs is 1. The Morgan fingerprint density at radius 2 is 1.58 bits per heavy atom. The lowest BCUT2D eigenvalue weighted by Gasteiger charge is -2.11. The second-order valence-electron chi connectivity index (χ2n) is 6.80. The van der Waals surface area contributed by atoms with Crippen molar-refractivity contribution in [3.63, 3.8) is 0 Å². The summed E-state index contributed by atoms with van der Waals surface area (Å²) < 4.78 is 40.7. The SMILES string of the molecule is Oc1c(N=Nc2cc(Cl)cc(Cl)c2)c2ccccc2n1Cc1cccc(C(F)(F)F)c1. The second kappa shape index (κ2) is 8.24. The standard InChI is InChI=1S/C22H14Cl2F3N3O/c23-15-9-16(24)11-17(10-15)28-29-20-18-6-1-2-7-19(18)30(21(20)31)12-13-4-3-5-14(8-13)22(25,26)27/h1-11,31H,12H2. The van der Waals surface area contributed by atoms with E-state index in [2.05, 4.69) is 10.2 Å². The molecular weight excluding hydrogens is 450 g/mol. The van der Waals surface area contributed by atoms with Crippen molar-refractivity contribution in [2.75, 3.05) is 0 Å². The molecule has 0 aliphatic rings. The van der Waals surface area contributed by atoms with Crippen LogP contribution in [-0.4, -0.2) is 9.67 Å². The predicted molar refractivity (Wildman–Crippen MR) is 115 cm³/mol. The first kappa shape index (κ1) is 21.2. The third-order valence-electron chi connectivity index (χ3n) is 4.63. The van der Waals surface area contributed by atoms with E-state index in [0.29, 0.717) is 32.2 Å². The molecule has 0 aliphatic carbocycles. The van der Waals surface area contributed by atoms with E-state index in [0.717, 1.165) is 12.1 Å². The van der Waals surface area contributed by atoms with Crippen LogP contribution in [0.1, 0.15) is 11.1 Å². The van der Waals surface area contributed by atoms with Crippen LogP contribution in [-0.2, 0) is 12.7 Å². The maximum absolute atomic E-state index is 13.1. The minimum absolute atomic E-state index is 0.0226. The highest BCUT2D eigenvalue weighted by atomic mass is 35.5. The summed E-state index contributed by atoms with van der Waals surface area (Å²) in [5, 5.41) is 20.5. The molecule has 3 aromatic carbocycles. The molecule has 0 amide bonds. The quantitative estimate of drug-likeness (QED) is 0.305. The van der Waals surface area contributed by atoms with Crippen molar-refractivity contribution in [3.8, 4) is 5.88 Å². The number of halogens is 5. The molecule has 0 fully saturated rings. The van der Waals surface area contributed by atoms with Crippen LogP contribution in [0.3, 0.4) is 0 Å². The molecule has 0 saturated carbocycles. The topological polar surface area (TPSA) is 49.9 Å². The van der Waals surface area contributed by atoms with Crippen LogP contribution in [0.25, 0.3) is 10.9 Å². The molecule has 4 rings (SSSR count). The van der Waals surface area contributed by atoms with Crippen LogP contribution in [0.5, 0.6) is 5.88 Å². The van der Waals surface area contributed by atoms with Gasteiger partial charge in [-0.2, -0.15) is 18.3 Å². The summed E-state index contributed by atoms with van der Waals surface area (Å²) in [6.07, 6.45) is -4.45. The Balaban J connectivity index is 1.76. The first-order valence-electron chi connectivity index (χ1n) is 9.06. The number of aromatic nitrogens is 1. The maximum atomic E-state index is 13.1. The summed E-state index contributed by atoms with van der Waals surface area (Å²) in [5.41, 5.74) is 0.829. The summed E-state index contributed by atoms with van der Waals surface area (Å²) >= 11 is 12.0. The first-order valence-corrected chi connectivity index (χ1v) is 9.82. The Labute approximate surface area is 185 Å². The van der Waals surface area contributed by atoms with Crippen molar-refractivity contribution >= 4 is 45.5 Å². The molecule has 31 heavy (non-hydrogen) atoms. The summed E-state index contributed by atoms with van der Waals surface area (Å²) in [4.78, 5) is 0. The van der Waals surface area contributed by atoms with Gasteiger partial charge in [-0.1, -0.05) is 53.5 Å². The van der Waals surface area contributed by atoms with Gasteiger partial charge in [0, 0.05) is 15.4 Å². The zero-order chi connectivity index (χ0) is 22.2. The van der Waals surface area contributed by atoms with Crippen molar-refractivity contribution in [2.24, 2.45) is 10.2 Å². The second-order valence-corrected chi connectivity index (χ2v) is 7.67. The third kappa shape index (κ3) is 4.52. The van der Waals surface area contributed by atoms with Crippen LogP contribution < -0.4 is 0 Å². The smallest absolute Gasteiger partial charge is 0.416 e. The fourth-order valence-corrected chi connectivity index (χ4v) is 3.78. The van der Waals surface area contributed by atoms with Gasteiger partial charge < -0.3 is 9.67 Å². The fraction of sp³-hybridized carbons (Fsp3) is 0.0909. The molecule has 0 saturated heterocycles. The summed E-state index contributed by atoms with van der Waals surface area (Å²) in [5.74, 6) is -0.213. The van der Waals surface area contributed by atoms with Gasteiger partial charge in [-0.3, -0.25) is 0 Å². The molecule has 4 nitrogen and oxygen atoms in total. The summed E-state index contributed by atoms with van der Waals surface area (Å²) in [6.45, 7) is 0.0226. The summed E-state index contributed by atoms with van der Waals surface area (Å²) in [6, 6.07) is 16.7. The van der Waals surface area contributed by atoms with E-state index < -0.39 is 11.7 Å². The minimum Gasteiger partial charge on any atom is -0.493 e. The number of alkyl halides is 3. The van der Waals surface area contributed by atoms with Crippen LogP contribution in [0, 0.1) is 0 Å². The van der Waals surface area contributed by atoms with Crippen molar-refractivity contribution in [1.29, 1.82) is 0 Å². The van der Waals surface area contributed by atoms with Crippen molar-refractivity contribution in [1.82, 2.24) is 4.57 Å². The highest BCUT2D eigenvalue weighted by Crippen LogP contribution is 2.40. The average molecular weight is 464 g/mol. The van der Waals surface area contributed by atoms with Gasteiger partial charge in [-0.15, -0.1) is 5.11 Å². The van der Waals surface area contributed by atoms with Gasteiger partial charge in [-0.05, 0) is 42.0 Å². The van der Waals surface area contributed by atoms with Gasteiger partial charge in [0.25, 0.3) is 0 Å². The lowest BCUT2D eigenvalue weighted by molar-refractivity contribution is -0.137. The molecule has 1 N–H and O–H groups in total. The van der Waals surface area contributed by atoms with Gasteiger partial charge in [0.1, 0.15) is 0 Å². The van der Waals surface area contributed by atoms with Crippen LogP contribution >= 0.6 is 23.2 Å². The van der Waals surface area contributed by atoms with Crippen LogP contribution in [0.2, 0.25) is 10.0 Å². The number of azo groups is 1. The van der Waals surface area contributed by atoms with E-state index >= 15 is 0 Å². The molecule has 0 atom stereocenters. The maximum Gasteiger partial charge on any atom is 0.416 e. The number of hydrogen-bond donors (Lipinski definition) is 1. The van der Waals surface area contributed by atoms with Crippen molar-refractivity contribution in [2.45, 2.75) is 12.7 Å². The molecule has 0 radical (unpaired) electrons. The third-order valence-corrected chi connectivity index (χ3v) is 5.06. The zero-order valence-electron chi connectivity index (χ0n) is 15.7. The number of aromatic hydroxyl groups is 1. The van der Waals surface area contributed by atoms with Gasteiger partial charge in [-0.25, -0.2) is 0 Å². The lowest BCUT2D eigenvalue weighted by atomic mass is 10.1. The number of rotatable bonds is 4. The Kier molecular flexibility index (Phi) is 5.64. The monoisotopic (exact) mass is 463 g/mol. The van der Waals surface area contributed by atoms with Gasteiger partial charge >= 0.3 is 6.18 Å². The van der Waals surface area contributed by atoms with E-state index in [9.17, 15) is 18.3 Å². The molecule has 4 aromatic rings. The summed E-state index contributed by atoms with van der Waals surface area (Å²) in [7, 11) is 0. The van der Waals surface area contributed by atoms with E-state index in [-0.39, 0.29) is 18.1 Å². The molecule has 1 heterocycles. The zero-order valence-corrected chi connectivity index (χ0v) is 17.2. The molecule has 9 heteroatoms. The van der Waals surface area contributed by atoms with Gasteiger partial charge in [0.05, 0.1) is 23.3 Å². The number of hydrogen-bond acceptors (Lipinski definition) is 3. The highest BCUT2D eigenvalue weighted by molar-refractivity contribution is 6.35. The van der Waals surface area contributed by atoms with Crippen LogP contribution in [0.4, 0.5) is 24.5 Å². The van der Waals surface area contributed by atoms with E-state index in [4.69, 9.17) is 23.2 Å². The predicted octanol–water partition coefficient (Wildman–Crippen LogP) is 8.14. The number of nitrogens with zero attached hydrogens (tertiary/aromatic N) is 3. The Hall–Kier alpha value is -3.03. The Morgan fingerprint density at radius 3 is 2.29 bits per heavy atom.